The van der Waals surface area contributed by atoms with E-state index >= 15 is 0 Å². The Morgan fingerprint density at radius 1 is 1.28 bits per heavy atom. The Balaban J connectivity index is 2.31. The van der Waals surface area contributed by atoms with Crippen LogP contribution in [0.15, 0.2) is 28.7 Å². The summed E-state index contributed by atoms with van der Waals surface area (Å²) in [6.07, 6.45) is 0. The van der Waals surface area contributed by atoms with Gasteiger partial charge in [0.1, 0.15) is 5.82 Å². The average Bonchev–Trinajstić information content (AvgIpc) is 2.59. The molecule has 1 heterocycles. The lowest BCUT2D eigenvalue weighted by Crippen LogP contribution is -2.27. The lowest BCUT2D eigenvalue weighted by Gasteiger charge is -2.17. The van der Waals surface area contributed by atoms with Crippen molar-refractivity contribution in [2.45, 2.75) is 32.9 Å². The smallest absolute Gasteiger partial charge is 0.181 e. The summed E-state index contributed by atoms with van der Waals surface area (Å²) in [5, 5.41) is 14.2. The fourth-order valence-electron chi connectivity index (χ4n) is 1.66. The van der Waals surface area contributed by atoms with E-state index in [0.717, 1.165) is 15.9 Å². The van der Waals surface area contributed by atoms with Gasteiger partial charge in [-0.3, -0.25) is 0 Å². The molecular weight excluding hydrogens is 294 g/mol. The van der Waals surface area contributed by atoms with Gasteiger partial charge in [0.15, 0.2) is 5.82 Å². The zero-order chi connectivity index (χ0) is 13.3. The minimum atomic E-state index is -0.796. The summed E-state index contributed by atoms with van der Waals surface area (Å²) in [4.78, 5) is 4.42. The van der Waals surface area contributed by atoms with Gasteiger partial charge in [0.25, 0.3) is 0 Å². The Labute approximate surface area is 115 Å². The molecule has 2 aromatic rings. The first-order valence-corrected chi connectivity index (χ1v) is 6.54. The number of aryl methyl sites for hydroxylation is 1. The van der Waals surface area contributed by atoms with Crippen LogP contribution >= 0.6 is 15.9 Å². The monoisotopic (exact) mass is 309 g/mol. The summed E-state index contributed by atoms with van der Waals surface area (Å²) in [5.41, 5.74) is 0.172. The predicted octanol–water partition coefficient (Wildman–Crippen LogP) is 2.79. The fourth-order valence-corrected chi connectivity index (χ4v) is 1.92. The van der Waals surface area contributed by atoms with Crippen LogP contribution < -0.4 is 0 Å². The van der Waals surface area contributed by atoms with Crippen molar-refractivity contribution in [1.29, 1.82) is 0 Å². The molecule has 2 rings (SSSR count). The van der Waals surface area contributed by atoms with Crippen molar-refractivity contribution in [3.8, 4) is 11.4 Å². The standard InChI is InChI=1S/C13H16BrN3O/c1-9-15-12(10-4-6-11(14)7-5-10)16-17(9)8-13(2,3)18/h4-7,18H,8H2,1-3H3. The van der Waals surface area contributed by atoms with E-state index in [1.165, 1.54) is 0 Å². The molecule has 0 radical (unpaired) electrons. The van der Waals surface area contributed by atoms with Gasteiger partial charge in [0.2, 0.25) is 0 Å². The van der Waals surface area contributed by atoms with Crippen molar-refractivity contribution < 1.29 is 5.11 Å². The van der Waals surface area contributed by atoms with Crippen LogP contribution in [0.4, 0.5) is 0 Å². The molecule has 0 unspecified atom stereocenters. The molecule has 1 N–H and O–H groups in total. The van der Waals surface area contributed by atoms with Gasteiger partial charge < -0.3 is 5.11 Å². The molecule has 0 spiro atoms. The van der Waals surface area contributed by atoms with Crippen molar-refractivity contribution in [3.05, 3.63) is 34.6 Å². The summed E-state index contributed by atoms with van der Waals surface area (Å²) in [6, 6.07) is 7.85. The first-order valence-electron chi connectivity index (χ1n) is 5.75. The topological polar surface area (TPSA) is 50.9 Å². The summed E-state index contributed by atoms with van der Waals surface area (Å²) < 4.78 is 2.76. The molecule has 1 aromatic heterocycles. The van der Waals surface area contributed by atoms with E-state index in [-0.39, 0.29) is 0 Å². The number of rotatable bonds is 3. The quantitative estimate of drug-likeness (QED) is 0.948. The maximum absolute atomic E-state index is 9.82. The molecule has 0 saturated carbocycles. The van der Waals surface area contributed by atoms with E-state index < -0.39 is 5.60 Å². The van der Waals surface area contributed by atoms with Gasteiger partial charge in [-0.1, -0.05) is 28.1 Å². The lowest BCUT2D eigenvalue weighted by atomic mass is 10.1. The molecule has 18 heavy (non-hydrogen) atoms. The summed E-state index contributed by atoms with van der Waals surface area (Å²) in [6.45, 7) is 5.84. The van der Waals surface area contributed by atoms with Crippen LogP contribution in [0.5, 0.6) is 0 Å². The second-order valence-corrected chi connectivity index (χ2v) is 5.88. The zero-order valence-corrected chi connectivity index (χ0v) is 12.3. The molecule has 0 aliphatic rings. The highest BCUT2D eigenvalue weighted by molar-refractivity contribution is 9.10. The van der Waals surface area contributed by atoms with Crippen molar-refractivity contribution in [2.75, 3.05) is 0 Å². The van der Waals surface area contributed by atoms with E-state index in [1.807, 2.05) is 31.2 Å². The second-order valence-electron chi connectivity index (χ2n) is 4.96. The minimum absolute atomic E-state index is 0.433. The molecule has 0 fully saturated rings. The van der Waals surface area contributed by atoms with Crippen LogP contribution in [0.25, 0.3) is 11.4 Å². The third kappa shape index (κ3) is 3.17. The second kappa shape index (κ2) is 4.82. The molecule has 4 nitrogen and oxygen atoms in total. The molecule has 5 heteroatoms. The number of aliphatic hydroxyl groups is 1. The highest BCUT2D eigenvalue weighted by Gasteiger charge is 2.17. The van der Waals surface area contributed by atoms with Gasteiger partial charge in [0.05, 0.1) is 12.1 Å². The number of halogens is 1. The fraction of sp³-hybridized carbons (Fsp3) is 0.385. The number of aromatic nitrogens is 3. The van der Waals surface area contributed by atoms with Gasteiger partial charge in [-0.2, -0.15) is 5.10 Å². The number of hydrogen-bond donors (Lipinski definition) is 1. The molecule has 96 valence electrons. The van der Waals surface area contributed by atoms with Crippen LogP contribution in [0.3, 0.4) is 0 Å². The van der Waals surface area contributed by atoms with Crippen molar-refractivity contribution >= 4 is 15.9 Å². The maximum atomic E-state index is 9.82. The van der Waals surface area contributed by atoms with Gasteiger partial charge in [-0.15, -0.1) is 0 Å². The van der Waals surface area contributed by atoms with E-state index in [9.17, 15) is 5.11 Å². The zero-order valence-electron chi connectivity index (χ0n) is 10.7. The van der Waals surface area contributed by atoms with Crippen LogP contribution in [0, 0.1) is 6.92 Å². The highest BCUT2D eigenvalue weighted by Crippen LogP contribution is 2.19. The van der Waals surface area contributed by atoms with Crippen LogP contribution in [-0.2, 0) is 6.54 Å². The van der Waals surface area contributed by atoms with Crippen LogP contribution in [0.2, 0.25) is 0 Å². The average molecular weight is 310 g/mol. The summed E-state index contributed by atoms with van der Waals surface area (Å²) >= 11 is 3.40. The van der Waals surface area contributed by atoms with Gasteiger partial charge in [-0.05, 0) is 32.9 Å². The summed E-state index contributed by atoms with van der Waals surface area (Å²) in [5.74, 6) is 1.49. The van der Waals surface area contributed by atoms with Crippen molar-refractivity contribution in [1.82, 2.24) is 14.8 Å². The third-order valence-corrected chi connectivity index (χ3v) is 3.02. The number of benzene rings is 1. The number of hydrogen-bond acceptors (Lipinski definition) is 3. The van der Waals surface area contributed by atoms with E-state index in [1.54, 1.807) is 18.5 Å². The molecule has 0 atom stereocenters. The van der Waals surface area contributed by atoms with Gasteiger partial charge in [-0.25, -0.2) is 9.67 Å². The predicted molar refractivity (Wildman–Crippen MR) is 74.2 cm³/mol. The maximum Gasteiger partial charge on any atom is 0.181 e. The molecular formula is C13H16BrN3O. The Bertz CT molecular complexity index is 540. The normalized spacial score (nSPS) is 11.8. The Hall–Kier alpha value is -1.20. The number of nitrogens with zero attached hydrogens (tertiary/aromatic N) is 3. The van der Waals surface area contributed by atoms with E-state index in [0.29, 0.717) is 12.4 Å². The molecule has 0 amide bonds. The Morgan fingerprint density at radius 2 is 1.89 bits per heavy atom. The van der Waals surface area contributed by atoms with Gasteiger partial charge >= 0.3 is 0 Å². The first-order chi connectivity index (χ1) is 8.35. The molecule has 0 bridgehead atoms. The lowest BCUT2D eigenvalue weighted by molar-refractivity contribution is 0.0570. The SMILES string of the molecule is Cc1nc(-c2ccc(Br)cc2)nn1CC(C)(C)O. The molecule has 0 saturated heterocycles. The van der Waals surface area contributed by atoms with Crippen molar-refractivity contribution in [2.24, 2.45) is 0 Å². The van der Waals surface area contributed by atoms with Crippen LogP contribution in [-0.4, -0.2) is 25.5 Å². The molecule has 1 aromatic carbocycles. The third-order valence-electron chi connectivity index (χ3n) is 2.50. The van der Waals surface area contributed by atoms with Gasteiger partial charge in [0, 0.05) is 10.0 Å². The van der Waals surface area contributed by atoms with Crippen LogP contribution in [0.1, 0.15) is 19.7 Å². The van der Waals surface area contributed by atoms with E-state index in [2.05, 4.69) is 26.0 Å². The Morgan fingerprint density at radius 3 is 2.44 bits per heavy atom. The highest BCUT2D eigenvalue weighted by atomic mass is 79.9. The minimum Gasteiger partial charge on any atom is -0.389 e. The Kier molecular flexibility index (Phi) is 3.54. The van der Waals surface area contributed by atoms with Crippen molar-refractivity contribution in [3.63, 3.8) is 0 Å². The molecule has 0 aliphatic carbocycles. The largest absolute Gasteiger partial charge is 0.389 e. The molecule has 0 aliphatic heterocycles. The van der Waals surface area contributed by atoms with E-state index in [4.69, 9.17) is 0 Å². The summed E-state index contributed by atoms with van der Waals surface area (Å²) in [7, 11) is 0. The first kappa shape index (κ1) is 13.2.